The molecule has 0 saturated carbocycles. The van der Waals surface area contributed by atoms with Gasteiger partial charge in [-0.15, -0.1) is 11.3 Å². The van der Waals surface area contributed by atoms with Gasteiger partial charge < -0.3 is 18.8 Å². The lowest BCUT2D eigenvalue weighted by Gasteiger charge is -2.28. The van der Waals surface area contributed by atoms with Crippen molar-refractivity contribution in [1.29, 1.82) is 0 Å². The van der Waals surface area contributed by atoms with E-state index in [-0.39, 0.29) is 27.0 Å². The van der Waals surface area contributed by atoms with Crippen LogP contribution in [-0.2, 0) is 15.9 Å². The van der Waals surface area contributed by atoms with Crippen molar-refractivity contribution in [3.05, 3.63) is 126 Å². The summed E-state index contributed by atoms with van der Waals surface area (Å²) >= 11 is 0.986. The van der Waals surface area contributed by atoms with Gasteiger partial charge in [0.2, 0.25) is 5.75 Å². The van der Waals surface area contributed by atoms with Crippen molar-refractivity contribution in [2.24, 2.45) is 0 Å². The normalized spacial score (nSPS) is 13.6. The number of ether oxygens (including phenoxy) is 2. The van der Waals surface area contributed by atoms with Crippen LogP contribution < -0.4 is 13.7 Å². The molecule has 5 aromatic rings. The van der Waals surface area contributed by atoms with Crippen LogP contribution >= 0.6 is 11.3 Å². The molecule has 0 spiro atoms. The number of aromatic carboxylic acids is 1. The van der Waals surface area contributed by atoms with E-state index in [1.54, 1.807) is 54.7 Å². The molecule has 0 saturated heterocycles. The predicted octanol–water partition coefficient (Wildman–Crippen LogP) is 5.95. The molecule has 194 valence electrons. The average Bonchev–Trinajstić information content (AvgIpc) is 3.62. The van der Waals surface area contributed by atoms with Gasteiger partial charge in [-0.25, -0.2) is 4.79 Å². The summed E-state index contributed by atoms with van der Waals surface area (Å²) in [6, 6.07) is 29.0. The summed E-state index contributed by atoms with van der Waals surface area (Å²) in [5.74, 6) is -3.08. The van der Waals surface area contributed by atoms with Crippen molar-refractivity contribution in [3.63, 3.8) is 0 Å². The number of nitrogens with zero attached hydrogens (tertiary/aromatic N) is 1. The Hall–Kier alpha value is -4.67. The molecule has 8 nitrogen and oxygen atoms in total. The van der Waals surface area contributed by atoms with Crippen LogP contribution in [0.1, 0.15) is 21.5 Å². The number of thiophene rings is 1. The zero-order valence-electron chi connectivity index (χ0n) is 20.1. The number of rotatable bonds is 7. The third-order valence-corrected chi connectivity index (χ3v) is 8.81. The predicted molar refractivity (Wildman–Crippen MR) is 144 cm³/mol. The largest absolute Gasteiger partial charge is 0.478 e. The molecule has 39 heavy (non-hydrogen) atoms. The fourth-order valence-corrected chi connectivity index (χ4v) is 6.41. The second-order valence-corrected chi connectivity index (χ2v) is 11.4. The molecule has 0 atom stereocenters. The van der Waals surface area contributed by atoms with Crippen LogP contribution in [0.5, 0.6) is 17.2 Å². The van der Waals surface area contributed by atoms with Crippen molar-refractivity contribution in [2.45, 2.75) is 10.00 Å². The van der Waals surface area contributed by atoms with Gasteiger partial charge in [-0.2, -0.15) is 8.42 Å². The summed E-state index contributed by atoms with van der Waals surface area (Å²) in [6.07, 6.45) is 1.61. The van der Waals surface area contributed by atoms with Gasteiger partial charge in [0, 0.05) is 23.4 Å². The van der Waals surface area contributed by atoms with E-state index in [4.69, 9.17) is 13.7 Å². The Morgan fingerprint density at radius 1 is 0.846 bits per heavy atom. The van der Waals surface area contributed by atoms with Crippen LogP contribution in [0.25, 0.3) is 10.6 Å². The first-order valence-electron chi connectivity index (χ1n) is 11.7. The maximum atomic E-state index is 13.4. The number of carboxylic acids is 1. The quantitative estimate of drug-likeness (QED) is 0.245. The summed E-state index contributed by atoms with van der Waals surface area (Å²) in [4.78, 5) is 16.8. The minimum atomic E-state index is -4.37. The zero-order valence-corrected chi connectivity index (χ0v) is 21.7. The Morgan fingerprint density at radius 2 is 1.51 bits per heavy atom. The Balaban J connectivity index is 1.43. The van der Waals surface area contributed by atoms with Crippen LogP contribution in [0.15, 0.2) is 114 Å². The number of hydrogen-bond donors (Lipinski definition) is 1. The third kappa shape index (κ3) is 4.49. The van der Waals surface area contributed by atoms with Crippen molar-refractivity contribution in [1.82, 2.24) is 4.98 Å². The molecule has 0 aliphatic carbocycles. The minimum absolute atomic E-state index is 0.0298. The van der Waals surface area contributed by atoms with Gasteiger partial charge in [-0.3, -0.25) is 4.98 Å². The highest BCUT2D eigenvalue weighted by Crippen LogP contribution is 2.53. The standard InChI is InChI=1S/C29H19NO7S2/c31-28(32)19-17-23-27(36-29(35-23,20-9-3-1-4-10-20)21-11-5-2-6-12-21)24(18-19)37-39(33,34)26-15-14-25(38-26)22-13-7-8-16-30-22/h1-18H,(H,31,32). The highest BCUT2D eigenvalue weighted by molar-refractivity contribution is 7.89. The van der Waals surface area contributed by atoms with Crippen LogP contribution in [0.4, 0.5) is 0 Å². The lowest BCUT2D eigenvalue weighted by Crippen LogP contribution is -2.36. The molecular formula is C29H19NO7S2. The molecule has 3 heterocycles. The van der Waals surface area contributed by atoms with E-state index in [0.29, 0.717) is 21.7 Å². The smallest absolute Gasteiger partial charge is 0.348 e. The van der Waals surface area contributed by atoms with Gasteiger partial charge in [-0.05, 0) is 30.3 Å². The maximum absolute atomic E-state index is 13.4. The fourth-order valence-electron chi connectivity index (χ4n) is 4.24. The monoisotopic (exact) mass is 557 g/mol. The number of hydrogen-bond acceptors (Lipinski definition) is 8. The van der Waals surface area contributed by atoms with E-state index >= 15 is 0 Å². The molecular weight excluding hydrogens is 538 g/mol. The van der Waals surface area contributed by atoms with Gasteiger partial charge in [0.05, 0.1) is 16.1 Å². The summed E-state index contributed by atoms with van der Waals surface area (Å²) in [5, 5.41) is 9.74. The van der Waals surface area contributed by atoms with E-state index in [1.165, 1.54) is 12.1 Å². The van der Waals surface area contributed by atoms with Gasteiger partial charge in [0.15, 0.2) is 15.7 Å². The highest BCUT2D eigenvalue weighted by Gasteiger charge is 2.47. The van der Waals surface area contributed by atoms with E-state index < -0.39 is 21.9 Å². The molecule has 0 bridgehead atoms. The maximum Gasteiger partial charge on any atom is 0.348 e. The molecule has 0 radical (unpaired) electrons. The molecule has 3 aromatic carbocycles. The molecule has 0 fully saturated rings. The minimum Gasteiger partial charge on any atom is -0.478 e. The second-order valence-electron chi connectivity index (χ2n) is 8.53. The number of carboxylic acid groups (broad SMARTS) is 1. The lowest BCUT2D eigenvalue weighted by atomic mass is 9.97. The Labute approximate surface area is 227 Å². The first kappa shape index (κ1) is 24.7. The van der Waals surface area contributed by atoms with Gasteiger partial charge in [0.1, 0.15) is 0 Å². The summed E-state index contributed by atoms with van der Waals surface area (Å²) in [6.45, 7) is 0. The van der Waals surface area contributed by atoms with Gasteiger partial charge in [-0.1, -0.05) is 66.7 Å². The number of carbonyl (C=O) groups is 1. The number of aromatic nitrogens is 1. The first-order chi connectivity index (χ1) is 18.9. The zero-order chi connectivity index (χ0) is 27.0. The molecule has 2 aromatic heterocycles. The van der Waals surface area contributed by atoms with E-state index in [0.717, 1.165) is 17.4 Å². The second kappa shape index (κ2) is 9.57. The van der Waals surface area contributed by atoms with E-state index in [9.17, 15) is 18.3 Å². The van der Waals surface area contributed by atoms with Crippen molar-refractivity contribution < 1.29 is 32.0 Å². The average molecular weight is 558 g/mol. The Bertz CT molecular complexity index is 1730. The van der Waals surface area contributed by atoms with Gasteiger partial charge >= 0.3 is 21.9 Å². The van der Waals surface area contributed by atoms with Crippen molar-refractivity contribution >= 4 is 27.4 Å². The molecule has 0 unspecified atom stereocenters. The van der Waals surface area contributed by atoms with Crippen LogP contribution in [0, 0.1) is 0 Å². The lowest BCUT2D eigenvalue weighted by molar-refractivity contribution is -0.0464. The van der Waals surface area contributed by atoms with E-state index in [1.807, 2.05) is 36.4 Å². The fraction of sp³-hybridized carbons (Fsp3) is 0.0345. The molecule has 0 amide bonds. The molecule has 1 aliphatic heterocycles. The number of fused-ring (bicyclic) bond motifs is 1. The Kier molecular flexibility index (Phi) is 6.05. The summed E-state index contributed by atoms with van der Waals surface area (Å²) in [7, 11) is -4.37. The summed E-state index contributed by atoms with van der Waals surface area (Å²) in [5.41, 5.74) is 1.64. The third-order valence-electron chi connectivity index (χ3n) is 6.02. The molecule has 1 aliphatic rings. The molecule has 6 rings (SSSR count). The van der Waals surface area contributed by atoms with Gasteiger partial charge in [0.25, 0.3) is 0 Å². The number of pyridine rings is 1. The summed E-state index contributed by atoms with van der Waals surface area (Å²) < 4.78 is 44.9. The highest BCUT2D eigenvalue weighted by atomic mass is 32.3. The first-order valence-corrected chi connectivity index (χ1v) is 13.9. The molecule has 1 N–H and O–H groups in total. The van der Waals surface area contributed by atoms with Crippen molar-refractivity contribution in [3.8, 4) is 27.8 Å². The van der Waals surface area contributed by atoms with Crippen molar-refractivity contribution in [2.75, 3.05) is 0 Å². The van der Waals surface area contributed by atoms with Crippen LogP contribution in [0.2, 0.25) is 0 Å². The van der Waals surface area contributed by atoms with Crippen LogP contribution in [-0.4, -0.2) is 24.5 Å². The van der Waals surface area contributed by atoms with E-state index in [2.05, 4.69) is 4.98 Å². The molecule has 10 heteroatoms. The van der Waals surface area contributed by atoms with Crippen LogP contribution in [0.3, 0.4) is 0 Å². The Morgan fingerprint density at radius 3 is 2.13 bits per heavy atom. The number of benzene rings is 3. The SMILES string of the molecule is O=C(O)c1cc2c(c(OS(=O)(=O)c3ccc(-c4ccccn4)s3)c1)OC(c1ccccc1)(c1ccccc1)O2. The topological polar surface area (TPSA) is 112 Å².